The van der Waals surface area contributed by atoms with Crippen LogP contribution in [-0.4, -0.2) is 36.1 Å². The van der Waals surface area contributed by atoms with E-state index in [2.05, 4.69) is 4.98 Å². The number of para-hydroxylation sites is 1. The topological polar surface area (TPSA) is 51.7 Å². The number of carbonyl (C=O) groups excluding carboxylic acids is 1. The van der Waals surface area contributed by atoms with E-state index in [1.807, 2.05) is 66.9 Å². The van der Waals surface area contributed by atoms with Crippen LogP contribution in [0.15, 0.2) is 60.0 Å². The molecule has 2 aromatic carbocycles. The lowest BCUT2D eigenvalue weighted by atomic mass is 10.1. The molecule has 0 aliphatic rings. The van der Waals surface area contributed by atoms with Gasteiger partial charge in [0.05, 0.1) is 18.8 Å². The lowest BCUT2D eigenvalue weighted by Gasteiger charge is -2.21. The van der Waals surface area contributed by atoms with Gasteiger partial charge in [-0.2, -0.15) is 0 Å². The molecule has 0 spiro atoms. The summed E-state index contributed by atoms with van der Waals surface area (Å²) in [7, 11) is 1.64. The van der Waals surface area contributed by atoms with E-state index < -0.39 is 0 Å². The van der Waals surface area contributed by atoms with Gasteiger partial charge in [-0.1, -0.05) is 35.9 Å². The molecule has 0 fully saturated rings. The second kappa shape index (κ2) is 10.0. The van der Waals surface area contributed by atoms with E-state index in [0.717, 1.165) is 22.0 Å². The smallest absolute Gasteiger partial charge is 0.254 e. The summed E-state index contributed by atoms with van der Waals surface area (Å²) in [6, 6.07) is 17.3. The monoisotopic (exact) mass is 396 g/mol. The molecule has 0 bridgehead atoms. The van der Waals surface area contributed by atoms with Crippen LogP contribution in [0.25, 0.3) is 0 Å². The molecule has 1 aromatic heterocycles. The number of carbonyl (C=O) groups is 1. The molecule has 6 heteroatoms. The Morgan fingerprint density at radius 3 is 2.71 bits per heavy atom. The van der Waals surface area contributed by atoms with Crippen molar-refractivity contribution in [3.05, 3.63) is 81.8 Å². The Morgan fingerprint density at radius 1 is 1.14 bits per heavy atom. The molecular weight excluding hydrogens is 372 g/mol. The molecule has 5 nitrogen and oxygen atoms in total. The van der Waals surface area contributed by atoms with Crippen LogP contribution >= 0.6 is 11.3 Å². The molecule has 146 valence electrons. The van der Waals surface area contributed by atoms with E-state index in [1.54, 1.807) is 12.0 Å². The van der Waals surface area contributed by atoms with Gasteiger partial charge in [-0.05, 0) is 31.2 Å². The maximum Gasteiger partial charge on any atom is 0.254 e. The molecule has 1 amide bonds. The molecule has 0 saturated heterocycles. The van der Waals surface area contributed by atoms with Gasteiger partial charge in [0.2, 0.25) is 0 Å². The first-order chi connectivity index (χ1) is 13.7. The Hall–Kier alpha value is -2.70. The van der Waals surface area contributed by atoms with E-state index in [1.165, 1.54) is 11.3 Å². The highest BCUT2D eigenvalue weighted by Crippen LogP contribution is 2.17. The van der Waals surface area contributed by atoms with Gasteiger partial charge in [0.25, 0.3) is 5.91 Å². The summed E-state index contributed by atoms with van der Waals surface area (Å²) in [6.07, 6.45) is 0. The van der Waals surface area contributed by atoms with Gasteiger partial charge in [-0.15, -0.1) is 11.3 Å². The Labute approximate surface area is 169 Å². The van der Waals surface area contributed by atoms with Crippen LogP contribution in [0.1, 0.15) is 26.6 Å². The van der Waals surface area contributed by atoms with Gasteiger partial charge in [-0.3, -0.25) is 4.79 Å². The summed E-state index contributed by atoms with van der Waals surface area (Å²) in [4.78, 5) is 19.3. The Morgan fingerprint density at radius 2 is 1.96 bits per heavy atom. The lowest BCUT2D eigenvalue weighted by Crippen LogP contribution is -2.33. The molecule has 0 N–H and O–H groups in total. The molecule has 3 rings (SSSR count). The number of ether oxygens (including phenoxy) is 2. The summed E-state index contributed by atoms with van der Waals surface area (Å²) in [5.41, 5.74) is 2.60. The van der Waals surface area contributed by atoms with E-state index in [9.17, 15) is 4.79 Å². The molecule has 0 unspecified atom stereocenters. The normalized spacial score (nSPS) is 10.6. The van der Waals surface area contributed by atoms with Crippen molar-refractivity contribution in [2.45, 2.75) is 20.1 Å². The first-order valence-corrected chi connectivity index (χ1v) is 9.99. The van der Waals surface area contributed by atoms with Crippen LogP contribution in [0.5, 0.6) is 5.75 Å². The predicted molar refractivity (Wildman–Crippen MR) is 111 cm³/mol. The zero-order chi connectivity index (χ0) is 19.8. The molecule has 3 aromatic rings. The van der Waals surface area contributed by atoms with Crippen LogP contribution in [0.4, 0.5) is 0 Å². The van der Waals surface area contributed by atoms with Crippen molar-refractivity contribution in [2.24, 2.45) is 0 Å². The zero-order valence-corrected chi connectivity index (χ0v) is 16.9. The SMILES string of the molecule is COCCN(Cc1csc(COc2ccccc2)n1)C(=O)c1cccc(C)c1. The number of aryl methyl sites for hydroxylation is 1. The van der Waals surface area contributed by atoms with Crippen molar-refractivity contribution in [3.8, 4) is 5.75 Å². The van der Waals surface area contributed by atoms with Crippen molar-refractivity contribution >= 4 is 17.2 Å². The summed E-state index contributed by atoms with van der Waals surface area (Å²) in [5.74, 6) is 0.798. The van der Waals surface area contributed by atoms with Gasteiger partial charge in [-0.25, -0.2) is 4.98 Å². The molecule has 0 saturated carbocycles. The highest BCUT2D eigenvalue weighted by molar-refractivity contribution is 7.09. The minimum atomic E-state index is -0.0177. The Kier molecular flexibility index (Phi) is 7.17. The number of hydrogen-bond donors (Lipinski definition) is 0. The first-order valence-electron chi connectivity index (χ1n) is 9.11. The van der Waals surface area contributed by atoms with Crippen LogP contribution in [-0.2, 0) is 17.9 Å². The number of amides is 1. The summed E-state index contributed by atoms with van der Waals surface area (Å²) < 4.78 is 10.9. The van der Waals surface area contributed by atoms with Crippen LogP contribution in [0, 0.1) is 6.92 Å². The average molecular weight is 397 g/mol. The zero-order valence-electron chi connectivity index (χ0n) is 16.1. The molecule has 0 aliphatic carbocycles. The van der Waals surface area contributed by atoms with Crippen molar-refractivity contribution in [1.82, 2.24) is 9.88 Å². The number of methoxy groups -OCH3 is 1. The highest BCUT2D eigenvalue weighted by atomic mass is 32.1. The van der Waals surface area contributed by atoms with Gasteiger partial charge in [0.15, 0.2) is 0 Å². The standard InChI is InChI=1S/C22H24N2O3S/c1-17-7-6-8-18(13-17)22(25)24(11-12-26-2)14-19-16-28-21(23-19)15-27-20-9-4-3-5-10-20/h3-10,13,16H,11-12,14-15H2,1-2H3. The molecule has 0 aliphatic heterocycles. The first kappa shape index (κ1) is 20.0. The van der Waals surface area contributed by atoms with Crippen molar-refractivity contribution in [1.29, 1.82) is 0 Å². The minimum absolute atomic E-state index is 0.0177. The largest absolute Gasteiger partial charge is 0.486 e. The van der Waals surface area contributed by atoms with Crippen molar-refractivity contribution < 1.29 is 14.3 Å². The number of aromatic nitrogens is 1. The fourth-order valence-electron chi connectivity index (χ4n) is 2.76. The van der Waals surface area contributed by atoms with Crippen LogP contribution < -0.4 is 4.74 Å². The molecule has 1 heterocycles. The Balaban J connectivity index is 1.65. The van der Waals surface area contributed by atoms with E-state index in [4.69, 9.17) is 9.47 Å². The molecule has 28 heavy (non-hydrogen) atoms. The maximum absolute atomic E-state index is 12.9. The molecule has 0 radical (unpaired) electrons. The number of nitrogens with zero attached hydrogens (tertiary/aromatic N) is 2. The number of benzene rings is 2. The summed E-state index contributed by atoms with van der Waals surface area (Å²) >= 11 is 1.54. The third-order valence-electron chi connectivity index (χ3n) is 4.18. The summed E-state index contributed by atoms with van der Waals surface area (Å²) in [6.45, 7) is 3.83. The quantitative estimate of drug-likeness (QED) is 0.541. The molecular formula is C22H24N2O3S. The minimum Gasteiger partial charge on any atom is -0.486 e. The van der Waals surface area contributed by atoms with Crippen LogP contribution in [0.2, 0.25) is 0 Å². The van der Waals surface area contributed by atoms with Crippen LogP contribution in [0.3, 0.4) is 0 Å². The number of thiazole rings is 1. The third-order valence-corrected chi connectivity index (χ3v) is 5.05. The summed E-state index contributed by atoms with van der Waals surface area (Å²) in [5, 5.41) is 2.86. The van der Waals surface area contributed by atoms with Crippen molar-refractivity contribution in [3.63, 3.8) is 0 Å². The van der Waals surface area contributed by atoms with Gasteiger partial charge in [0.1, 0.15) is 17.4 Å². The van der Waals surface area contributed by atoms with E-state index in [0.29, 0.717) is 31.9 Å². The van der Waals surface area contributed by atoms with E-state index in [-0.39, 0.29) is 5.91 Å². The van der Waals surface area contributed by atoms with Gasteiger partial charge < -0.3 is 14.4 Å². The number of rotatable bonds is 9. The molecule has 0 atom stereocenters. The van der Waals surface area contributed by atoms with Crippen molar-refractivity contribution in [2.75, 3.05) is 20.3 Å². The fourth-order valence-corrected chi connectivity index (χ4v) is 3.46. The van der Waals surface area contributed by atoms with Gasteiger partial charge in [0, 0.05) is 24.6 Å². The second-order valence-corrected chi connectivity index (χ2v) is 7.37. The Bertz CT molecular complexity index is 896. The average Bonchev–Trinajstić information content (AvgIpc) is 3.17. The number of hydrogen-bond acceptors (Lipinski definition) is 5. The lowest BCUT2D eigenvalue weighted by molar-refractivity contribution is 0.0678. The van der Waals surface area contributed by atoms with Gasteiger partial charge >= 0.3 is 0 Å². The second-order valence-electron chi connectivity index (χ2n) is 6.42. The van der Waals surface area contributed by atoms with E-state index >= 15 is 0 Å². The third kappa shape index (κ3) is 5.65. The predicted octanol–water partition coefficient (Wildman–Crippen LogP) is 4.32. The highest BCUT2D eigenvalue weighted by Gasteiger charge is 2.17. The maximum atomic E-state index is 12.9. The fraction of sp³-hybridized carbons (Fsp3) is 0.273.